The van der Waals surface area contributed by atoms with Gasteiger partial charge in [0, 0.05) is 12.1 Å². The molecule has 8 heteroatoms. The number of nitro groups is 1. The topological polar surface area (TPSA) is 114 Å². The molecule has 0 unspecified atom stereocenters. The smallest absolute Gasteiger partial charge is 0.362 e. The lowest BCUT2D eigenvalue weighted by molar-refractivity contribution is -0.384. The first kappa shape index (κ1) is 15.3. The molecule has 0 saturated carbocycles. The first-order valence-electron chi connectivity index (χ1n) is 5.68. The molecule has 20 heavy (non-hydrogen) atoms. The van der Waals surface area contributed by atoms with Gasteiger partial charge in [-0.25, -0.2) is 4.79 Å². The maximum atomic E-state index is 11.5. The molecule has 0 heterocycles. The van der Waals surface area contributed by atoms with Gasteiger partial charge < -0.3 is 9.84 Å². The van der Waals surface area contributed by atoms with Crippen molar-refractivity contribution >= 4 is 17.3 Å². The lowest BCUT2D eigenvalue weighted by Gasteiger charge is -2.01. The van der Waals surface area contributed by atoms with Crippen molar-refractivity contribution in [3.63, 3.8) is 0 Å². The number of benzene rings is 1. The average Bonchev–Trinajstić information content (AvgIpc) is 2.39. The number of carbonyl (C=O) groups is 1. The summed E-state index contributed by atoms with van der Waals surface area (Å²) in [6.45, 7) is 3.04. The van der Waals surface area contributed by atoms with Crippen LogP contribution in [0.2, 0.25) is 0 Å². The van der Waals surface area contributed by atoms with Crippen molar-refractivity contribution in [1.29, 1.82) is 0 Å². The quantitative estimate of drug-likeness (QED) is 0.222. The lowest BCUT2D eigenvalue weighted by atomic mass is 10.3. The van der Waals surface area contributed by atoms with Crippen molar-refractivity contribution < 1.29 is 19.6 Å². The van der Waals surface area contributed by atoms with E-state index in [2.05, 4.69) is 10.2 Å². The highest BCUT2D eigenvalue weighted by Crippen LogP contribution is 2.19. The summed E-state index contributed by atoms with van der Waals surface area (Å²) >= 11 is 0. The Morgan fingerprint density at radius 3 is 2.45 bits per heavy atom. The van der Waals surface area contributed by atoms with Gasteiger partial charge in [-0.3, -0.25) is 10.1 Å². The Morgan fingerprint density at radius 2 is 2.00 bits per heavy atom. The fraction of sp³-hybridized carbons (Fsp3) is 0.250. The van der Waals surface area contributed by atoms with Crippen LogP contribution in [0.1, 0.15) is 13.8 Å². The standard InChI is InChI=1S/C12H13N3O5/c1-3-20-12(17)11(8(2)16)14-13-9-4-6-10(7-5-9)15(18)19/h4-7,16H,3H2,1-2H3/b11-8-,14-13?. The number of nitrogens with zero attached hydrogens (tertiary/aromatic N) is 3. The van der Waals surface area contributed by atoms with E-state index >= 15 is 0 Å². The molecule has 0 radical (unpaired) electrons. The Kier molecular flexibility index (Phi) is 5.33. The van der Waals surface area contributed by atoms with E-state index < -0.39 is 10.9 Å². The number of ether oxygens (including phenoxy) is 1. The molecule has 0 saturated heterocycles. The number of hydrogen-bond acceptors (Lipinski definition) is 7. The molecule has 1 rings (SSSR count). The van der Waals surface area contributed by atoms with Gasteiger partial charge in [0.1, 0.15) is 5.76 Å². The van der Waals surface area contributed by atoms with Gasteiger partial charge in [0.25, 0.3) is 5.69 Å². The maximum Gasteiger partial charge on any atom is 0.362 e. The number of azo groups is 1. The molecule has 0 spiro atoms. The highest BCUT2D eigenvalue weighted by Gasteiger charge is 2.13. The Hall–Kier alpha value is -2.77. The van der Waals surface area contributed by atoms with Crippen LogP contribution in [0, 0.1) is 10.1 Å². The zero-order chi connectivity index (χ0) is 15.1. The van der Waals surface area contributed by atoms with Crippen LogP contribution in [0.15, 0.2) is 46.0 Å². The molecule has 0 amide bonds. The van der Waals surface area contributed by atoms with Crippen molar-refractivity contribution in [2.45, 2.75) is 13.8 Å². The van der Waals surface area contributed by atoms with Crippen LogP contribution < -0.4 is 0 Å². The molecule has 0 aliphatic heterocycles. The summed E-state index contributed by atoms with van der Waals surface area (Å²) in [5, 5.41) is 27.1. The van der Waals surface area contributed by atoms with E-state index in [1.165, 1.54) is 31.2 Å². The third-order valence-electron chi connectivity index (χ3n) is 2.14. The number of non-ortho nitro benzene ring substituents is 1. The van der Waals surface area contributed by atoms with Crippen molar-refractivity contribution in [2.24, 2.45) is 10.2 Å². The molecule has 0 aliphatic carbocycles. The second-order valence-electron chi connectivity index (χ2n) is 3.63. The number of aliphatic hydroxyl groups is 1. The molecule has 0 bridgehead atoms. The largest absolute Gasteiger partial charge is 0.510 e. The third-order valence-corrected chi connectivity index (χ3v) is 2.14. The van der Waals surface area contributed by atoms with Crippen LogP contribution in [-0.4, -0.2) is 22.6 Å². The van der Waals surface area contributed by atoms with Crippen LogP contribution in [0.5, 0.6) is 0 Å². The van der Waals surface area contributed by atoms with Crippen LogP contribution in [0.3, 0.4) is 0 Å². The Labute approximate surface area is 114 Å². The molecule has 1 aromatic carbocycles. The minimum absolute atomic E-state index is 0.0801. The number of carbonyl (C=O) groups excluding carboxylic acids is 1. The minimum Gasteiger partial charge on any atom is -0.510 e. The van der Waals surface area contributed by atoms with Crippen LogP contribution >= 0.6 is 0 Å². The molecule has 0 aliphatic rings. The fourth-order valence-electron chi connectivity index (χ4n) is 1.21. The lowest BCUT2D eigenvalue weighted by Crippen LogP contribution is -2.07. The zero-order valence-corrected chi connectivity index (χ0v) is 10.9. The summed E-state index contributed by atoms with van der Waals surface area (Å²) in [4.78, 5) is 21.4. The second-order valence-corrected chi connectivity index (χ2v) is 3.63. The SMILES string of the molecule is CCOC(=O)/C(N=Nc1ccc([N+](=O)[O-])cc1)=C(\C)O. The molecule has 0 aromatic heterocycles. The number of allylic oxidation sites excluding steroid dienone is 1. The van der Waals surface area contributed by atoms with E-state index in [0.717, 1.165) is 0 Å². The van der Waals surface area contributed by atoms with Crippen LogP contribution in [0.4, 0.5) is 11.4 Å². The summed E-state index contributed by atoms with van der Waals surface area (Å²) < 4.78 is 4.70. The summed E-state index contributed by atoms with van der Waals surface area (Å²) in [6.07, 6.45) is 0. The van der Waals surface area contributed by atoms with E-state index in [9.17, 15) is 20.0 Å². The van der Waals surface area contributed by atoms with Gasteiger partial charge in [-0.2, -0.15) is 5.11 Å². The maximum absolute atomic E-state index is 11.5. The predicted molar refractivity (Wildman–Crippen MR) is 69.6 cm³/mol. The molecule has 1 N–H and O–H groups in total. The van der Waals surface area contributed by atoms with Gasteiger partial charge in [0.2, 0.25) is 5.70 Å². The van der Waals surface area contributed by atoms with E-state index in [-0.39, 0.29) is 23.8 Å². The van der Waals surface area contributed by atoms with Crippen molar-refractivity contribution in [3.05, 3.63) is 45.8 Å². The Balaban J connectivity index is 2.92. The van der Waals surface area contributed by atoms with E-state index in [1.807, 2.05) is 0 Å². The molecular formula is C12H13N3O5. The number of hydrogen-bond donors (Lipinski definition) is 1. The highest BCUT2D eigenvalue weighted by molar-refractivity contribution is 5.88. The number of nitro benzene ring substituents is 1. The Bertz CT molecular complexity index is 559. The Morgan fingerprint density at radius 1 is 1.40 bits per heavy atom. The zero-order valence-electron chi connectivity index (χ0n) is 10.9. The third kappa shape index (κ3) is 4.16. The fourth-order valence-corrected chi connectivity index (χ4v) is 1.21. The molecule has 0 fully saturated rings. The predicted octanol–water partition coefficient (Wildman–Crippen LogP) is 3.03. The summed E-state index contributed by atoms with van der Waals surface area (Å²) in [6, 6.07) is 5.26. The van der Waals surface area contributed by atoms with Crippen molar-refractivity contribution in [3.8, 4) is 0 Å². The van der Waals surface area contributed by atoms with Gasteiger partial charge in [0.05, 0.1) is 17.2 Å². The van der Waals surface area contributed by atoms with Crippen molar-refractivity contribution in [2.75, 3.05) is 6.61 Å². The highest BCUT2D eigenvalue weighted by atomic mass is 16.6. The van der Waals surface area contributed by atoms with Gasteiger partial charge in [-0.1, -0.05) is 0 Å². The monoisotopic (exact) mass is 279 g/mol. The first-order valence-corrected chi connectivity index (χ1v) is 5.68. The van der Waals surface area contributed by atoms with E-state index in [1.54, 1.807) is 6.92 Å². The van der Waals surface area contributed by atoms with Gasteiger partial charge in [-0.15, -0.1) is 5.11 Å². The van der Waals surface area contributed by atoms with E-state index in [0.29, 0.717) is 5.69 Å². The molecule has 8 nitrogen and oxygen atoms in total. The van der Waals surface area contributed by atoms with Gasteiger partial charge in [0.15, 0.2) is 0 Å². The van der Waals surface area contributed by atoms with E-state index in [4.69, 9.17) is 4.74 Å². The molecule has 0 atom stereocenters. The first-order chi connectivity index (χ1) is 9.45. The summed E-state index contributed by atoms with van der Waals surface area (Å²) in [7, 11) is 0. The minimum atomic E-state index is -0.793. The van der Waals surface area contributed by atoms with Crippen molar-refractivity contribution in [1.82, 2.24) is 0 Å². The number of aliphatic hydroxyl groups excluding tert-OH is 1. The van der Waals surface area contributed by atoms with Gasteiger partial charge >= 0.3 is 5.97 Å². The van der Waals surface area contributed by atoms with Crippen LogP contribution in [0.25, 0.3) is 0 Å². The second kappa shape index (κ2) is 6.98. The molecular weight excluding hydrogens is 266 g/mol. The number of rotatable bonds is 5. The number of esters is 1. The normalized spacial score (nSPS) is 12.1. The summed E-state index contributed by atoms with van der Waals surface area (Å²) in [5.74, 6) is -1.12. The average molecular weight is 279 g/mol. The summed E-state index contributed by atoms with van der Waals surface area (Å²) in [5.41, 5.74) is -0.0905. The molecule has 106 valence electrons. The van der Waals surface area contributed by atoms with Gasteiger partial charge in [-0.05, 0) is 26.0 Å². The molecule has 1 aromatic rings. The van der Waals surface area contributed by atoms with Crippen LogP contribution in [-0.2, 0) is 9.53 Å².